The van der Waals surface area contributed by atoms with Gasteiger partial charge >= 0.3 is 6.08 Å². The van der Waals surface area contributed by atoms with E-state index in [1.54, 1.807) is 0 Å². The van der Waals surface area contributed by atoms with Gasteiger partial charge in [-0.3, -0.25) is 0 Å². The molecular weight excluding hydrogens is 178 g/mol. The molecule has 0 aliphatic carbocycles. The average Bonchev–Trinajstić information content (AvgIpc) is 1.84. The second kappa shape index (κ2) is 3.55. The smallest absolute Gasteiger partial charge is 0.199 e. The Bertz CT molecular complexity index is 164. The average molecular weight is 178 g/mol. The van der Waals surface area contributed by atoms with Crippen LogP contribution in [0.15, 0.2) is 23.0 Å². The molecule has 0 unspecified atom stereocenters. The topological polar surface area (TPSA) is 0 Å². The van der Waals surface area contributed by atoms with Crippen LogP contribution in [0.1, 0.15) is 0 Å². The predicted molar refractivity (Wildman–Crippen MR) is 25.4 cm³/mol. The van der Waals surface area contributed by atoms with Crippen LogP contribution in [0.2, 0.25) is 0 Å². The maximum atomic E-state index is 11.6. The minimum Gasteiger partial charge on any atom is -0.199 e. The molecule has 0 radical (unpaired) electrons. The van der Waals surface area contributed by atoms with Crippen LogP contribution in [0.25, 0.3) is 0 Å². The lowest BCUT2D eigenvalue weighted by atomic mass is 10.5. The van der Waals surface area contributed by atoms with Crippen LogP contribution >= 0.6 is 11.6 Å². The van der Waals surface area contributed by atoms with Gasteiger partial charge in [-0.2, -0.15) is 22.0 Å². The summed E-state index contributed by atoms with van der Waals surface area (Å²) in [6.45, 7) is 0. The Balaban J connectivity index is 4.71. The highest BCUT2D eigenvalue weighted by atomic mass is 35.5. The predicted octanol–water partition coefficient (Wildman–Crippen LogP) is 3.41. The molecule has 0 nitrogen and oxygen atoms in total. The summed E-state index contributed by atoms with van der Waals surface area (Å²) in [6.07, 6.45) is -2.95. The van der Waals surface area contributed by atoms with Crippen molar-refractivity contribution in [1.82, 2.24) is 0 Å². The molecule has 0 aromatic heterocycles. The van der Waals surface area contributed by atoms with Crippen molar-refractivity contribution in [3.8, 4) is 0 Å². The van der Waals surface area contributed by atoms with E-state index < -0.39 is 23.0 Å². The monoisotopic (exact) mass is 178 g/mol. The van der Waals surface area contributed by atoms with E-state index in [0.29, 0.717) is 0 Å². The van der Waals surface area contributed by atoms with Gasteiger partial charge in [-0.25, -0.2) is 0 Å². The van der Waals surface area contributed by atoms with Crippen molar-refractivity contribution in [2.75, 3.05) is 0 Å². The number of hydrogen-bond acceptors (Lipinski definition) is 0. The molecule has 6 heteroatoms. The van der Waals surface area contributed by atoms with Crippen molar-refractivity contribution in [2.24, 2.45) is 0 Å². The fourth-order valence-electron chi connectivity index (χ4n) is 0.166. The van der Waals surface area contributed by atoms with Crippen LogP contribution in [-0.4, -0.2) is 0 Å². The second-order valence-corrected chi connectivity index (χ2v) is 1.48. The van der Waals surface area contributed by atoms with Crippen LogP contribution < -0.4 is 0 Å². The third kappa shape index (κ3) is 2.34. The molecule has 0 atom stereocenters. The Labute approximate surface area is 57.6 Å². The summed E-state index contributed by atoms with van der Waals surface area (Å²) >= 11 is 4.20. The van der Waals surface area contributed by atoms with Gasteiger partial charge < -0.3 is 0 Å². The molecule has 58 valence electrons. The van der Waals surface area contributed by atoms with Gasteiger partial charge in [-0.05, 0) is 11.6 Å². The van der Waals surface area contributed by atoms with Crippen molar-refractivity contribution in [1.29, 1.82) is 0 Å². The minimum atomic E-state index is -2.95. The Hall–Kier alpha value is -0.580. The molecule has 0 rings (SSSR count). The van der Waals surface area contributed by atoms with Crippen molar-refractivity contribution in [2.45, 2.75) is 0 Å². The maximum absolute atomic E-state index is 11.6. The van der Waals surface area contributed by atoms with Gasteiger partial charge in [0.05, 0.1) is 0 Å². The highest BCUT2D eigenvalue weighted by molar-refractivity contribution is 6.28. The summed E-state index contributed by atoms with van der Waals surface area (Å²) in [5.74, 6) is -4.96. The number of rotatable bonds is 1. The summed E-state index contributed by atoms with van der Waals surface area (Å²) in [5, 5.41) is -2.13. The SMILES string of the molecule is FC(F)=C(F)/C(F)=C(/F)Cl. The molecule has 0 spiro atoms. The third-order valence-corrected chi connectivity index (χ3v) is 0.690. The van der Waals surface area contributed by atoms with Gasteiger partial charge in [0, 0.05) is 0 Å². The molecule has 0 saturated carbocycles. The van der Waals surface area contributed by atoms with E-state index in [1.807, 2.05) is 0 Å². The van der Waals surface area contributed by atoms with Crippen LogP contribution in [0, 0.1) is 0 Å². The molecule has 0 aliphatic rings. The first-order chi connectivity index (χ1) is 4.46. The molecule has 0 aromatic rings. The van der Waals surface area contributed by atoms with Gasteiger partial charge in [-0.15, -0.1) is 0 Å². The van der Waals surface area contributed by atoms with E-state index in [9.17, 15) is 22.0 Å². The first kappa shape index (κ1) is 9.42. The second-order valence-electron chi connectivity index (χ2n) is 1.15. The lowest BCUT2D eigenvalue weighted by Gasteiger charge is -1.88. The Morgan fingerprint density at radius 1 is 0.800 bits per heavy atom. The van der Waals surface area contributed by atoms with E-state index in [2.05, 4.69) is 11.6 Å². The summed E-state index contributed by atoms with van der Waals surface area (Å²) in [4.78, 5) is 0. The van der Waals surface area contributed by atoms with E-state index in [1.165, 1.54) is 0 Å². The molecular formula is C4ClF5. The highest BCUT2D eigenvalue weighted by Gasteiger charge is 2.15. The van der Waals surface area contributed by atoms with Gasteiger partial charge in [0.15, 0.2) is 0 Å². The zero-order valence-corrected chi connectivity index (χ0v) is 5.02. The van der Waals surface area contributed by atoms with Crippen LogP contribution in [0.4, 0.5) is 22.0 Å². The molecule has 0 fully saturated rings. The maximum Gasteiger partial charge on any atom is 0.308 e. The first-order valence-corrected chi connectivity index (χ1v) is 2.26. The molecule has 10 heavy (non-hydrogen) atoms. The molecule has 0 amide bonds. The van der Waals surface area contributed by atoms with Crippen LogP contribution in [0.3, 0.4) is 0 Å². The van der Waals surface area contributed by atoms with E-state index in [4.69, 9.17) is 0 Å². The molecule has 0 bridgehead atoms. The highest BCUT2D eigenvalue weighted by Crippen LogP contribution is 2.25. The summed E-state index contributed by atoms with van der Waals surface area (Å²) in [6, 6.07) is 0. The molecule has 0 heterocycles. The quantitative estimate of drug-likeness (QED) is 0.426. The number of hydrogen-bond donors (Lipinski definition) is 0. The largest absolute Gasteiger partial charge is 0.308 e. The van der Waals surface area contributed by atoms with Crippen molar-refractivity contribution in [3.63, 3.8) is 0 Å². The summed E-state index contributed by atoms with van der Waals surface area (Å²) in [5.41, 5.74) is 0. The van der Waals surface area contributed by atoms with E-state index >= 15 is 0 Å². The lowest BCUT2D eigenvalue weighted by Crippen LogP contribution is -1.78. The Morgan fingerprint density at radius 2 is 1.20 bits per heavy atom. The fourth-order valence-corrected chi connectivity index (χ4v) is 0.249. The van der Waals surface area contributed by atoms with Gasteiger partial charge in [0.2, 0.25) is 16.9 Å². The number of halogens is 6. The molecule has 0 aromatic carbocycles. The van der Waals surface area contributed by atoms with Crippen LogP contribution in [0.5, 0.6) is 0 Å². The van der Waals surface area contributed by atoms with Crippen molar-refractivity contribution in [3.05, 3.63) is 23.0 Å². The van der Waals surface area contributed by atoms with Gasteiger partial charge in [0.1, 0.15) is 0 Å². The standard InChI is InChI=1S/C4ClF5/c5-3(8)1(6)2(7)4(9)10/b3-1-. The van der Waals surface area contributed by atoms with Crippen molar-refractivity contribution >= 4 is 11.6 Å². The minimum absolute atomic E-state index is 2.13. The Kier molecular flexibility index (Phi) is 3.35. The molecule has 0 saturated heterocycles. The summed E-state index contributed by atoms with van der Waals surface area (Å²) < 4.78 is 56.6. The van der Waals surface area contributed by atoms with E-state index in [-0.39, 0.29) is 0 Å². The third-order valence-electron chi connectivity index (χ3n) is 0.525. The van der Waals surface area contributed by atoms with Crippen LogP contribution in [-0.2, 0) is 0 Å². The normalized spacial score (nSPS) is 12.6. The van der Waals surface area contributed by atoms with Crippen molar-refractivity contribution < 1.29 is 22.0 Å². The van der Waals surface area contributed by atoms with E-state index in [0.717, 1.165) is 0 Å². The zero-order valence-electron chi connectivity index (χ0n) is 4.27. The first-order valence-electron chi connectivity index (χ1n) is 1.88. The van der Waals surface area contributed by atoms with Gasteiger partial charge in [-0.1, -0.05) is 0 Å². The van der Waals surface area contributed by atoms with Gasteiger partial charge in [0.25, 0.3) is 0 Å². The molecule has 0 N–H and O–H groups in total. The summed E-state index contributed by atoms with van der Waals surface area (Å²) in [7, 11) is 0. The molecule has 0 aliphatic heterocycles. The fraction of sp³-hybridized carbons (Fsp3) is 0. The number of allylic oxidation sites excluding steroid dienone is 2. The zero-order chi connectivity index (χ0) is 8.31. The lowest BCUT2D eigenvalue weighted by molar-refractivity contribution is 0.368. The Morgan fingerprint density at radius 3 is 1.30 bits per heavy atom.